The summed E-state index contributed by atoms with van der Waals surface area (Å²) in [5, 5.41) is 22.1. The molecule has 0 saturated carbocycles. The average molecular weight is 602 g/mol. The molecule has 0 radical (unpaired) electrons. The van der Waals surface area contributed by atoms with Crippen LogP contribution in [0.3, 0.4) is 0 Å². The largest absolute Gasteiger partial charge is 0.480 e. The fraction of sp³-hybridized carbons (Fsp3) is 0.333. The molecular formula is C27H29Cl2N7O5. The Morgan fingerprint density at radius 3 is 2.66 bits per heavy atom. The molecule has 6 N–H and O–H groups in total. The number of carboxylic acids is 1. The van der Waals surface area contributed by atoms with E-state index in [-0.39, 0.29) is 40.6 Å². The number of carbonyl (C=O) groups excluding carboxylic acids is 2. The number of aliphatic imine (C=N–C) groups is 1. The fourth-order valence-corrected chi connectivity index (χ4v) is 5.92. The van der Waals surface area contributed by atoms with Gasteiger partial charge in [-0.2, -0.15) is 0 Å². The van der Waals surface area contributed by atoms with Crippen LogP contribution in [0.4, 0.5) is 0 Å². The molecule has 2 atom stereocenters. The maximum atomic E-state index is 13.2. The van der Waals surface area contributed by atoms with Crippen LogP contribution in [-0.2, 0) is 17.8 Å². The molecule has 2 aliphatic heterocycles. The van der Waals surface area contributed by atoms with Crippen molar-refractivity contribution >= 4 is 52.5 Å². The average Bonchev–Trinajstić information content (AvgIpc) is 3.58. The first kappa shape index (κ1) is 28.7. The minimum absolute atomic E-state index is 0.0400. The predicted molar refractivity (Wildman–Crippen MR) is 153 cm³/mol. The van der Waals surface area contributed by atoms with Crippen molar-refractivity contribution in [1.29, 1.82) is 0 Å². The highest BCUT2D eigenvalue weighted by atomic mass is 35.5. The highest BCUT2D eigenvalue weighted by molar-refractivity contribution is 6.40. The summed E-state index contributed by atoms with van der Waals surface area (Å²) in [6.45, 7) is 1.12. The summed E-state index contributed by atoms with van der Waals surface area (Å²) in [6.07, 6.45) is 4.05. The van der Waals surface area contributed by atoms with Gasteiger partial charge in [0.1, 0.15) is 6.04 Å². The van der Waals surface area contributed by atoms with Crippen molar-refractivity contribution in [1.82, 2.24) is 24.9 Å². The van der Waals surface area contributed by atoms with Crippen LogP contribution in [0.5, 0.6) is 0 Å². The molecule has 4 heterocycles. The molecule has 0 aliphatic carbocycles. The molecule has 2 aromatic heterocycles. The van der Waals surface area contributed by atoms with E-state index in [1.54, 1.807) is 22.1 Å². The first-order valence-corrected chi connectivity index (χ1v) is 13.7. The second kappa shape index (κ2) is 12.0. The Bertz CT molecular complexity index is 1510. The number of aliphatic carboxylic acids is 1. The number of nitrogens with zero attached hydrogens (tertiary/aromatic N) is 4. The van der Waals surface area contributed by atoms with Gasteiger partial charge in [0.25, 0.3) is 11.8 Å². The van der Waals surface area contributed by atoms with Crippen LogP contribution in [0.15, 0.2) is 47.7 Å². The third-order valence-corrected chi connectivity index (χ3v) is 8.00. The Hall–Kier alpha value is -3.84. The lowest BCUT2D eigenvalue weighted by Gasteiger charge is -2.30. The number of fused-ring (bicyclic) bond motifs is 2. The third kappa shape index (κ3) is 5.96. The number of nitrogens with two attached hydrogens (primary N) is 1. The van der Waals surface area contributed by atoms with Gasteiger partial charge in [-0.05, 0) is 48.2 Å². The van der Waals surface area contributed by atoms with Gasteiger partial charge >= 0.3 is 5.97 Å². The van der Waals surface area contributed by atoms with Gasteiger partial charge in [-0.15, -0.1) is 0 Å². The Morgan fingerprint density at radius 1 is 1.17 bits per heavy atom. The molecule has 41 heavy (non-hydrogen) atoms. The van der Waals surface area contributed by atoms with Gasteiger partial charge in [-0.1, -0.05) is 29.3 Å². The molecule has 3 aromatic rings. The van der Waals surface area contributed by atoms with Crippen LogP contribution in [0.2, 0.25) is 10.0 Å². The van der Waals surface area contributed by atoms with Gasteiger partial charge in [-0.3, -0.25) is 15.0 Å². The molecule has 2 amide bonds. The van der Waals surface area contributed by atoms with Crippen molar-refractivity contribution in [2.45, 2.75) is 31.5 Å². The van der Waals surface area contributed by atoms with Crippen LogP contribution in [0, 0.1) is 0 Å². The van der Waals surface area contributed by atoms with E-state index in [1.807, 2.05) is 34.9 Å². The smallest absolute Gasteiger partial charge is 0.328 e. The van der Waals surface area contributed by atoms with E-state index in [0.29, 0.717) is 49.2 Å². The van der Waals surface area contributed by atoms with E-state index in [1.165, 1.54) is 0 Å². The standard InChI is InChI=1S/C27H29Cl2N7O5/c28-20-10-15-12-35(25(39)16-9-17-3-1-2-6-34(17)13-16)8-5-19(15)23(29)22(20)24(38)32-21(26(40)41)11-31-27(33-30)36-7-4-18(37)14-36/h1-3,6,9-10,13,18,21,37H,4-5,7-8,11-12,14,30H2,(H,31,33)(H,32,38)(H,40,41)/t18-,21-/m0/s1. The molecule has 0 bridgehead atoms. The van der Waals surface area contributed by atoms with Crippen molar-refractivity contribution in [3.63, 3.8) is 0 Å². The number of aliphatic hydroxyl groups excluding tert-OH is 1. The summed E-state index contributed by atoms with van der Waals surface area (Å²) in [4.78, 5) is 45.9. The lowest BCUT2D eigenvalue weighted by atomic mass is 9.96. The van der Waals surface area contributed by atoms with E-state index in [0.717, 1.165) is 5.52 Å². The van der Waals surface area contributed by atoms with Crippen molar-refractivity contribution in [2.24, 2.45) is 10.8 Å². The number of pyridine rings is 1. The number of hydrogen-bond acceptors (Lipinski definition) is 6. The minimum Gasteiger partial charge on any atom is -0.480 e. The summed E-state index contributed by atoms with van der Waals surface area (Å²) in [7, 11) is 0. The monoisotopic (exact) mass is 601 g/mol. The summed E-state index contributed by atoms with van der Waals surface area (Å²) >= 11 is 13.1. The topological polar surface area (TPSA) is 165 Å². The number of aliphatic hydroxyl groups is 1. The first-order valence-electron chi connectivity index (χ1n) is 13.0. The number of nitrogens with one attached hydrogen (secondary N) is 2. The normalized spacial score (nSPS) is 17.9. The minimum atomic E-state index is -1.40. The molecule has 12 nitrogen and oxygen atoms in total. The number of benzene rings is 1. The number of carboxylic acid groups (broad SMARTS) is 1. The molecule has 0 unspecified atom stereocenters. The fourth-order valence-electron chi connectivity index (χ4n) is 5.15. The van der Waals surface area contributed by atoms with Crippen molar-refractivity contribution in [3.05, 3.63) is 75.0 Å². The van der Waals surface area contributed by atoms with Gasteiger partial charge in [0.2, 0.25) is 5.96 Å². The number of rotatable bonds is 6. The highest BCUT2D eigenvalue weighted by Crippen LogP contribution is 2.35. The molecule has 2 aliphatic rings. The number of amides is 2. The van der Waals surface area contributed by atoms with Crippen LogP contribution in [0.1, 0.15) is 38.3 Å². The molecule has 1 saturated heterocycles. The number of halogens is 2. The second-order valence-electron chi connectivity index (χ2n) is 9.98. The maximum Gasteiger partial charge on any atom is 0.328 e. The SMILES string of the molecule is NNC(=NC[C@H](NC(=O)c1c(Cl)cc2c(c1Cl)CCN(C(=O)c1cc3ccccn3c1)C2)C(=O)O)N1CC[C@H](O)C1. The number of likely N-dealkylation sites (tertiary alicyclic amines) is 1. The Morgan fingerprint density at radius 2 is 1.98 bits per heavy atom. The lowest BCUT2D eigenvalue weighted by molar-refractivity contribution is -0.138. The van der Waals surface area contributed by atoms with Crippen molar-refractivity contribution in [3.8, 4) is 0 Å². The molecule has 216 valence electrons. The number of β-amino-alcohol motifs (C(OH)–C–C–N with tert-alkyl or cyclic N) is 1. The van der Waals surface area contributed by atoms with E-state index in [9.17, 15) is 24.6 Å². The van der Waals surface area contributed by atoms with Crippen LogP contribution >= 0.6 is 23.2 Å². The molecule has 14 heteroatoms. The van der Waals surface area contributed by atoms with Crippen molar-refractivity contribution < 1.29 is 24.6 Å². The summed E-state index contributed by atoms with van der Waals surface area (Å²) in [5.74, 6) is 3.54. The molecular weight excluding hydrogens is 573 g/mol. The number of carbonyl (C=O) groups is 3. The van der Waals surface area contributed by atoms with Gasteiger partial charge in [-0.25, -0.2) is 15.6 Å². The second-order valence-corrected chi connectivity index (χ2v) is 10.8. The molecule has 1 aromatic carbocycles. The lowest BCUT2D eigenvalue weighted by Crippen LogP contribution is -2.47. The number of hydrogen-bond donors (Lipinski definition) is 5. The van der Waals surface area contributed by atoms with E-state index < -0.39 is 24.0 Å². The van der Waals surface area contributed by atoms with Crippen LogP contribution in [-0.4, -0.2) is 86.5 Å². The van der Waals surface area contributed by atoms with E-state index in [2.05, 4.69) is 15.7 Å². The summed E-state index contributed by atoms with van der Waals surface area (Å²) in [6, 6.07) is 7.73. The molecule has 0 spiro atoms. The van der Waals surface area contributed by atoms with Gasteiger partial charge < -0.3 is 29.7 Å². The summed E-state index contributed by atoms with van der Waals surface area (Å²) < 4.78 is 1.88. The van der Waals surface area contributed by atoms with Gasteiger partial charge in [0.15, 0.2) is 0 Å². The van der Waals surface area contributed by atoms with Gasteiger partial charge in [0, 0.05) is 44.1 Å². The summed E-state index contributed by atoms with van der Waals surface area (Å²) in [5.41, 5.74) is 5.23. The maximum absolute atomic E-state index is 13.2. The Labute approximate surface area is 245 Å². The van der Waals surface area contributed by atoms with E-state index in [4.69, 9.17) is 29.0 Å². The predicted octanol–water partition coefficient (Wildman–Crippen LogP) is 1.51. The zero-order chi connectivity index (χ0) is 29.3. The number of guanidine groups is 1. The van der Waals surface area contributed by atoms with Gasteiger partial charge in [0.05, 0.1) is 33.8 Å². The van der Waals surface area contributed by atoms with Crippen molar-refractivity contribution in [2.75, 3.05) is 26.2 Å². The molecule has 5 rings (SSSR count). The van der Waals surface area contributed by atoms with E-state index >= 15 is 0 Å². The van der Waals surface area contributed by atoms with Crippen LogP contribution < -0.4 is 16.6 Å². The third-order valence-electron chi connectivity index (χ3n) is 7.29. The zero-order valence-electron chi connectivity index (χ0n) is 21.9. The quantitative estimate of drug-likeness (QED) is 0.123. The highest BCUT2D eigenvalue weighted by Gasteiger charge is 2.30. The number of aromatic nitrogens is 1. The number of hydrazine groups is 1. The Balaban J connectivity index is 1.31. The first-order chi connectivity index (χ1) is 19.7. The zero-order valence-corrected chi connectivity index (χ0v) is 23.4. The van der Waals surface area contributed by atoms with Crippen LogP contribution in [0.25, 0.3) is 5.52 Å². The molecule has 1 fully saturated rings. The Kier molecular flexibility index (Phi) is 8.36.